The minimum Gasteiger partial charge on any atom is -0.396 e. The van der Waals surface area contributed by atoms with Crippen LogP contribution in [0.2, 0.25) is 0 Å². The van der Waals surface area contributed by atoms with E-state index in [1.54, 1.807) is 4.90 Å². The fourth-order valence-corrected chi connectivity index (χ4v) is 2.08. The lowest BCUT2D eigenvalue weighted by Gasteiger charge is -2.21. The zero-order chi connectivity index (χ0) is 12.8. The number of benzene rings is 1. The van der Waals surface area contributed by atoms with Crippen molar-refractivity contribution in [2.24, 2.45) is 0 Å². The summed E-state index contributed by atoms with van der Waals surface area (Å²) in [7, 11) is 0. The second kappa shape index (κ2) is 6.77. The van der Waals surface area contributed by atoms with Gasteiger partial charge in [0.05, 0.1) is 5.56 Å². The van der Waals surface area contributed by atoms with Crippen LogP contribution in [0.4, 0.5) is 0 Å². The first-order chi connectivity index (χ1) is 8.11. The molecule has 1 aromatic carbocycles. The van der Waals surface area contributed by atoms with Gasteiger partial charge >= 0.3 is 0 Å². The summed E-state index contributed by atoms with van der Waals surface area (Å²) < 4.78 is 0.854. The molecule has 0 unspecified atom stereocenters. The Morgan fingerprint density at radius 3 is 2.76 bits per heavy atom. The maximum atomic E-state index is 12.3. The highest BCUT2D eigenvalue weighted by molar-refractivity contribution is 9.10. The predicted octanol–water partition coefficient (Wildman–Crippen LogP) is 2.60. The maximum absolute atomic E-state index is 12.3. The van der Waals surface area contributed by atoms with Crippen molar-refractivity contribution in [2.45, 2.75) is 20.3 Å². The van der Waals surface area contributed by atoms with E-state index >= 15 is 0 Å². The van der Waals surface area contributed by atoms with Crippen LogP contribution in [0.3, 0.4) is 0 Å². The molecule has 0 saturated heterocycles. The van der Waals surface area contributed by atoms with E-state index in [9.17, 15) is 4.79 Å². The van der Waals surface area contributed by atoms with Crippen LogP contribution >= 0.6 is 15.9 Å². The third kappa shape index (κ3) is 3.54. The SMILES string of the molecule is CCN(CCCO)C(=O)c1cccc(C)c1Br. The number of amides is 1. The van der Waals surface area contributed by atoms with Crippen molar-refractivity contribution in [1.29, 1.82) is 0 Å². The summed E-state index contributed by atoms with van der Waals surface area (Å²) >= 11 is 3.45. The van der Waals surface area contributed by atoms with Gasteiger partial charge in [0.15, 0.2) is 0 Å². The van der Waals surface area contributed by atoms with Gasteiger partial charge in [-0.05, 0) is 47.8 Å². The van der Waals surface area contributed by atoms with Crippen molar-refractivity contribution >= 4 is 21.8 Å². The number of nitrogens with zero attached hydrogens (tertiary/aromatic N) is 1. The van der Waals surface area contributed by atoms with Crippen molar-refractivity contribution in [2.75, 3.05) is 19.7 Å². The number of aryl methyl sites for hydroxylation is 1. The Labute approximate surface area is 111 Å². The highest BCUT2D eigenvalue weighted by Crippen LogP contribution is 2.22. The molecule has 0 aromatic heterocycles. The Hall–Kier alpha value is -0.870. The highest BCUT2D eigenvalue weighted by atomic mass is 79.9. The van der Waals surface area contributed by atoms with Gasteiger partial charge in [-0.3, -0.25) is 4.79 Å². The standard InChI is InChI=1S/C13H18BrNO2/c1-3-15(8-5-9-16)13(17)11-7-4-6-10(2)12(11)14/h4,6-7,16H,3,5,8-9H2,1-2H3. The minimum atomic E-state index is 0.0107. The summed E-state index contributed by atoms with van der Waals surface area (Å²) in [6, 6.07) is 5.67. The van der Waals surface area contributed by atoms with Crippen molar-refractivity contribution < 1.29 is 9.90 Å². The number of halogens is 1. The summed E-state index contributed by atoms with van der Waals surface area (Å²) in [5.74, 6) is 0.0107. The Morgan fingerprint density at radius 2 is 2.18 bits per heavy atom. The molecule has 94 valence electrons. The first-order valence-corrected chi connectivity index (χ1v) is 6.56. The molecule has 0 saturated carbocycles. The van der Waals surface area contributed by atoms with E-state index in [0.29, 0.717) is 25.1 Å². The molecular formula is C13H18BrNO2. The highest BCUT2D eigenvalue weighted by Gasteiger charge is 2.16. The maximum Gasteiger partial charge on any atom is 0.254 e. The van der Waals surface area contributed by atoms with Crippen molar-refractivity contribution in [3.05, 3.63) is 33.8 Å². The number of carbonyl (C=O) groups excluding carboxylic acids is 1. The van der Waals surface area contributed by atoms with E-state index in [1.165, 1.54) is 0 Å². The Kier molecular flexibility index (Phi) is 5.65. The topological polar surface area (TPSA) is 40.5 Å². The number of aliphatic hydroxyl groups is 1. The van der Waals surface area contributed by atoms with Crippen LogP contribution in [-0.4, -0.2) is 35.6 Å². The van der Waals surface area contributed by atoms with E-state index in [1.807, 2.05) is 32.0 Å². The van der Waals surface area contributed by atoms with Crippen LogP contribution in [0.5, 0.6) is 0 Å². The smallest absolute Gasteiger partial charge is 0.254 e. The molecule has 0 radical (unpaired) electrons. The predicted molar refractivity (Wildman–Crippen MR) is 72.2 cm³/mol. The third-order valence-electron chi connectivity index (χ3n) is 2.68. The van der Waals surface area contributed by atoms with Crippen LogP contribution in [0.1, 0.15) is 29.3 Å². The normalized spacial score (nSPS) is 10.4. The summed E-state index contributed by atoms with van der Waals surface area (Å²) in [4.78, 5) is 14.0. The molecular weight excluding hydrogens is 282 g/mol. The number of aliphatic hydroxyl groups excluding tert-OH is 1. The summed E-state index contributed by atoms with van der Waals surface area (Å²) in [6.45, 7) is 5.26. The van der Waals surface area contributed by atoms with Crippen LogP contribution in [0, 0.1) is 6.92 Å². The molecule has 17 heavy (non-hydrogen) atoms. The molecule has 0 aliphatic carbocycles. The van der Waals surface area contributed by atoms with Gasteiger partial charge in [-0.2, -0.15) is 0 Å². The molecule has 1 amide bonds. The lowest BCUT2D eigenvalue weighted by Crippen LogP contribution is -2.32. The van der Waals surface area contributed by atoms with Crippen LogP contribution < -0.4 is 0 Å². The summed E-state index contributed by atoms with van der Waals surface area (Å²) in [5, 5.41) is 8.81. The molecule has 0 spiro atoms. The molecule has 0 bridgehead atoms. The number of rotatable bonds is 5. The van der Waals surface area contributed by atoms with Gasteiger partial charge in [0.25, 0.3) is 5.91 Å². The largest absolute Gasteiger partial charge is 0.396 e. The molecule has 0 aliphatic rings. The van der Waals surface area contributed by atoms with Gasteiger partial charge < -0.3 is 10.0 Å². The number of hydrogen-bond acceptors (Lipinski definition) is 2. The fourth-order valence-electron chi connectivity index (χ4n) is 1.65. The molecule has 3 nitrogen and oxygen atoms in total. The second-order valence-electron chi connectivity index (χ2n) is 3.90. The first-order valence-electron chi connectivity index (χ1n) is 5.77. The lowest BCUT2D eigenvalue weighted by molar-refractivity contribution is 0.0753. The average Bonchev–Trinajstić information content (AvgIpc) is 2.33. The van der Waals surface area contributed by atoms with Gasteiger partial charge in [-0.15, -0.1) is 0 Å². The zero-order valence-electron chi connectivity index (χ0n) is 10.2. The first kappa shape index (κ1) is 14.2. The Balaban J connectivity index is 2.90. The summed E-state index contributed by atoms with van der Waals surface area (Å²) in [5.41, 5.74) is 1.74. The van der Waals surface area contributed by atoms with E-state index < -0.39 is 0 Å². The summed E-state index contributed by atoms with van der Waals surface area (Å²) in [6.07, 6.45) is 0.614. The number of hydrogen-bond donors (Lipinski definition) is 1. The molecule has 4 heteroatoms. The molecule has 0 fully saturated rings. The van der Waals surface area contributed by atoms with Crippen LogP contribution in [0.15, 0.2) is 22.7 Å². The van der Waals surface area contributed by atoms with Gasteiger partial charge in [-0.25, -0.2) is 0 Å². The molecule has 1 rings (SSSR count). The molecule has 0 aliphatic heterocycles. The van der Waals surface area contributed by atoms with E-state index in [0.717, 1.165) is 10.0 Å². The zero-order valence-corrected chi connectivity index (χ0v) is 11.8. The fraction of sp³-hybridized carbons (Fsp3) is 0.462. The molecule has 0 heterocycles. The van der Waals surface area contributed by atoms with Gasteiger partial charge in [0, 0.05) is 24.2 Å². The van der Waals surface area contributed by atoms with Gasteiger partial charge in [-0.1, -0.05) is 12.1 Å². The average molecular weight is 300 g/mol. The van der Waals surface area contributed by atoms with Crippen molar-refractivity contribution in [1.82, 2.24) is 4.90 Å². The minimum absolute atomic E-state index is 0.0107. The third-order valence-corrected chi connectivity index (χ3v) is 3.73. The van der Waals surface area contributed by atoms with Gasteiger partial charge in [0.1, 0.15) is 0 Å². The monoisotopic (exact) mass is 299 g/mol. The molecule has 0 atom stereocenters. The van der Waals surface area contributed by atoms with Crippen LogP contribution in [-0.2, 0) is 0 Å². The Bertz CT molecular complexity index is 393. The van der Waals surface area contributed by atoms with Crippen LogP contribution in [0.25, 0.3) is 0 Å². The van der Waals surface area contributed by atoms with E-state index in [2.05, 4.69) is 15.9 Å². The Morgan fingerprint density at radius 1 is 1.47 bits per heavy atom. The van der Waals surface area contributed by atoms with E-state index in [-0.39, 0.29) is 12.5 Å². The van der Waals surface area contributed by atoms with Crippen molar-refractivity contribution in [3.63, 3.8) is 0 Å². The molecule has 1 aromatic rings. The number of carbonyl (C=O) groups is 1. The van der Waals surface area contributed by atoms with Gasteiger partial charge in [0.2, 0.25) is 0 Å². The van der Waals surface area contributed by atoms with Crippen molar-refractivity contribution in [3.8, 4) is 0 Å². The van der Waals surface area contributed by atoms with E-state index in [4.69, 9.17) is 5.11 Å². The second-order valence-corrected chi connectivity index (χ2v) is 4.69. The quantitative estimate of drug-likeness (QED) is 0.908. The lowest BCUT2D eigenvalue weighted by atomic mass is 10.1. The molecule has 1 N–H and O–H groups in total.